The minimum atomic E-state index is 0.209. The van der Waals surface area contributed by atoms with Crippen molar-refractivity contribution in [3.63, 3.8) is 0 Å². The van der Waals surface area contributed by atoms with Crippen LogP contribution in [0.15, 0.2) is 31.7 Å². The van der Waals surface area contributed by atoms with Gasteiger partial charge in [-0.05, 0) is 53.5 Å². The molecule has 1 aromatic carbocycles. The first-order valence-corrected chi connectivity index (χ1v) is 8.35. The first-order chi connectivity index (χ1) is 9.74. The fourth-order valence-corrected chi connectivity index (χ4v) is 3.17. The molecule has 1 atom stereocenters. The molecule has 1 saturated heterocycles. The molecule has 2 heterocycles. The molecular weight excluding hydrogens is 386 g/mol. The Hall–Kier alpha value is -0.720. The van der Waals surface area contributed by atoms with E-state index in [1.807, 2.05) is 18.2 Å². The molecule has 1 aromatic heterocycles. The van der Waals surface area contributed by atoms with E-state index >= 15 is 0 Å². The number of nitrogens with one attached hydrogen (secondary N) is 1. The predicted octanol–water partition coefficient (Wildman–Crippen LogP) is 4.47. The summed E-state index contributed by atoms with van der Waals surface area (Å²) in [5, 5.41) is 7.63. The van der Waals surface area contributed by atoms with Gasteiger partial charge in [-0.3, -0.25) is 0 Å². The molecule has 0 spiro atoms. The van der Waals surface area contributed by atoms with Crippen LogP contribution >= 0.6 is 31.9 Å². The average molecular weight is 401 g/mol. The maximum Gasteiger partial charge on any atom is 0.259 e. The molecule has 0 saturated carbocycles. The van der Waals surface area contributed by atoms with Crippen molar-refractivity contribution >= 4 is 31.9 Å². The van der Waals surface area contributed by atoms with Gasteiger partial charge in [-0.1, -0.05) is 33.9 Å². The van der Waals surface area contributed by atoms with Crippen molar-refractivity contribution in [1.29, 1.82) is 0 Å². The highest BCUT2D eigenvalue weighted by molar-refractivity contribution is 9.11. The van der Waals surface area contributed by atoms with E-state index in [4.69, 9.17) is 4.52 Å². The van der Waals surface area contributed by atoms with E-state index < -0.39 is 0 Å². The van der Waals surface area contributed by atoms with E-state index in [0.29, 0.717) is 5.89 Å². The molecule has 1 aliphatic heterocycles. The van der Waals surface area contributed by atoms with E-state index in [-0.39, 0.29) is 6.04 Å². The van der Waals surface area contributed by atoms with E-state index in [9.17, 15) is 0 Å². The first kappa shape index (κ1) is 14.2. The largest absolute Gasteiger partial charge is 0.334 e. The second kappa shape index (κ2) is 6.37. The van der Waals surface area contributed by atoms with Gasteiger partial charge in [-0.2, -0.15) is 4.98 Å². The Morgan fingerprint density at radius 3 is 3.00 bits per heavy atom. The van der Waals surface area contributed by atoms with Gasteiger partial charge in [0.05, 0.1) is 11.6 Å². The lowest BCUT2D eigenvalue weighted by atomic mass is 10.1. The standard InChI is InChI=1S/C14H15Br2N3O/c15-9-5-6-11(16)10(8-9)14-18-13(19-20-14)12-4-2-1-3-7-17-12/h5-6,8,12,17H,1-4,7H2. The predicted molar refractivity (Wildman–Crippen MR) is 84.3 cm³/mol. The molecule has 1 aliphatic rings. The monoisotopic (exact) mass is 399 g/mol. The van der Waals surface area contributed by atoms with Crippen molar-refractivity contribution in [2.45, 2.75) is 31.7 Å². The summed E-state index contributed by atoms with van der Waals surface area (Å²) in [5.41, 5.74) is 0.909. The molecule has 0 aliphatic carbocycles. The Morgan fingerprint density at radius 2 is 2.10 bits per heavy atom. The fraction of sp³-hybridized carbons (Fsp3) is 0.429. The van der Waals surface area contributed by atoms with Crippen molar-refractivity contribution < 1.29 is 4.52 Å². The summed E-state index contributed by atoms with van der Waals surface area (Å²) >= 11 is 6.98. The third kappa shape index (κ3) is 3.13. The van der Waals surface area contributed by atoms with E-state index in [2.05, 4.69) is 47.3 Å². The summed E-state index contributed by atoms with van der Waals surface area (Å²) in [6, 6.07) is 6.12. The molecule has 4 nitrogen and oxygen atoms in total. The molecule has 3 rings (SSSR count). The average Bonchev–Trinajstić information content (AvgIpc) is 2.77. The van der Waals surface area contributed by atoms with E-state index in [1.165, 1.54) is 19.3 Å². The van der Waals surface area contributed by atoms with Gasteiger partial charge in [-0.15, -0.1) is 0 Å². The maximum atomic E-state index is 5.43. The minimum Gasteiger partial charge on any atom is -0.334 e. The zero-order valence-electron chi connectivity index (χ0n) is 10.9. The Bertz CT molecular complexity index is 592. The maximum absolute atomic E-state index is 5.43. The molecule has 0 amide bonds. The molecular formula is C14H15Br2N3O. The molecule has 1 fully saturated rings. The molecule has 0 radical (unpaired) electrons. The molecule has 6 heteroatoms. The highest BCUT2D eigenvalue weighted by atomic mass is 79.9. The van der Waals surface area contributed by atoms with Gasteiger partial charge in [0.15, 0.2) is 5.82 Å². The third-order valence-corrected chi connectivity index (χ3v) is 4.66. The van der Waals surface area contributed by atoms with Gasteiger partial charge in [0.25, 0.3) is 5.89 Å². The third-order valence-electron chi connectivity index (χ3n) is 3.47. The molecule has 20 heavy (non-hydrogen) atoms. The number of hydrogen-bond donors (Lipinski definition) is 1. The Morgan fingerprint density at radius 1 is 1.20 bits per heavy atom. The van der Waals surface area contributed by atoms with Crippen molar-refractivity contribution in [3.8, 4) is 11.5 Å². The summed E-state index contributed by atoms with van der Waals surface area (Å²) in [5.74, 6) is 1.31. The summed E-state index contributed by atoms with van der Waals surface area (Å²) in [7, 11) is 0. The van der Waals surface area contributed by atoms with Crippen LogP contribution in [-0.4, -0.2) is 16.7 Å². The topological polar surface area (TPSA) is 51.0 Å². The van der Waals surface area contributed by atoms with Gasteiger partial charge >= 0.3 is 0 Å². The van der Waals surface area contributed by atoms with Crippen LogP contribution in [0.2, 0.25) is 0 Å². The van der Waals surface area contributed by atoms with Gasteiger partial charge in [-0.25, -0.2) is 0 Å². The summed E-state index contributed by atoms with van der Waals surface area (Å²) in [6.45, 7) is 1.02. The van der Waals surface area contributed by atoms with Crippen LogP contribution in [-0.2, 0) is 0 Å². The molecule has 1 N–H and O–H groups in total. The normalized spacial score (nSPS) is 19.8. The lowest BCUT2D eigenvalue weighted by molar-refractivity contribution is 0.402. The Kier molecular flexibility index (Phi) is 4.53. The fourth-order valence-electron chi connectivity index (χ4n) is 2.40. The van der Waals surface area contributed by atoms with Gasteiger partial charge in [0.1, 0.15) is 0 Å². The van der Waals surface area contributed by atoms with Crippen LogP contribution in [0.1, 0.15) is 37.5 Å². The summed E-state index contributed by atoms with van der Waals surface area (Å²) in [6.07, 6.45) is 4.77. The van der Waals surface area contributed by atoms with Crippen LogP contribution in [0.25, 0.3) is 11.5 Å². The van der Waals surface area contributed by atoms with Crippen LogP contribution in [0.3, 0.4) is 0 Å². The van der Waals surface area contributed by atoms with Crippen LogP contribution in [0.5, 0.6) is 0 Å². The van der Waals surface area contributed by atoms with Gasteiger partial charge in [0.2, 0.25) is 0 Å². The number of halogens is 2. The lowest BCUT2D eigenvalue weighted by Gasteiger charge is -2.09. The number of rotatable bonds is 2. The molecule has 106 valence electrons. The summed E-state index contributed by atoms with van der Waals surface area (Å²) < 4.78 is 7.37. The first-order valence-electron chi connectivity index (χ1n) is 6.76. The number of aromatic nitrogens is 2. The SMILES string of the molecule is Brc1ccc(Br)c(-c2nc(C3CCCCCN3)no2)c1. The second-order valence-corrected chi connectivity index (χ2v) is 6.71. The molecule has 1 unspecified atom stereocenters. The Labute approximate surface area is 134 Å². The number of hydrogen-bond acceptors (Lipinski definition) is 4. The van der Waals surface area contributed by atoms with E-state index in [0.717, 1.165) is 33.3 Å². The van der Waals surface area contributed by atoms with Crippen LogP contribution in [0.4, 0.5) is 0 Å². The minimum absolute atomic E-state index is 0.209. The van der Waals surface area contributed by atoms with Crippen LogP contribution in [0, 0.1) is 0 Å². The molecule has 0 bridgehead atoms. The molecule has 2 aromatic rings. The highest BCUT2D eigenvalue weighted by Crippen LogP contribution is 2.31. The number of benzene rings is 1. The zero-order valence-corrected chi connectivity index (χ0v) is 14.1. The van der Waals surface area contributed by atoms with Crippen molar-refractivity contribution in [2.75, 3.05) is 6.54 Å². The zero-order chi connectivity index (χ0) is 13.9. The van der Waals surface area contributed by atoms with Crippen molar-refractivity contribution in [1.82, 2.24) is 15.5 Å². The smallest absolute Gasteiger partial charge is 0.259 e. The van der Waals surface area contributed by atoms with Gasteiger partial charge in [0, 0.05) is 8.95 Å². The number of nitrogens with zero attached hydrogens (tertiary/aromatic N) is 2. The Balaban J connectivity index is 1.87. The van der Waals surface area contributed by atoms with Crippen LogP contribution < -0.4 is 5.32 Å². The second-order valence-electron chi connectivity index (χ2n) is 4.94. The summed E-state index contributed by atoms with van der Waals surface area (Å²) in [4.78, 5) is 4.56. The van der Waals surface area contributed by atoms with E-state index in [1.54, 1.807) is 0 Å². The lowest BCUT2D eigenvalue weighted by Crippen LogP contribution is -2.21. The van der Waals surface area contributed by atoms with Crippen molar-refractivity contribution in [3.05, 3.63) is 33.0 Å². The van der Waals surface area contributed by atoms with Crippen molar-refractivity contribution in [2.24, 2.45) is 0 Å². The highest BCUT2D eigenvalue weighted by Gasteiger charge is 2.20. The quantitative estimate of drug-likeness (QED) is 0.807. The van der Waals surface area contributed by atoms with Gasteiger partial charge < -0.3 is 9.84 Å².